The van der Waals surface area contributed by atoms with E-state index in [0.717, 1.165) is 26.1 Å². The van der Waals surface area contributed by atoms with Crippen molar-refractivity contribution >= 4 is 11.6 Å². The van der Waals surface area contributed by atoms with Crippen LogP contribution in [0.25, 0.3) is 0 Å². The molecule has 0 spiro atoms. The van der Waals surface area contributed by atoms with Gasteiger partial charge in [-0.15, -0.1) is 0 Å². The molecule has 1 heterocycles. The van der Waals surface area contributed by atoms with Crippen molar-refractivity contribution in [3.63, 3.8) is 0 Å². The van der Waals surface area contributed by atoms with Gasteiger partial charge in [0.15, 0.2) is 5.96 Å². The molecule has 0 fully saturated rings. The first-order valence-corrected chi connectivity index (χ1v) is 8.38. The van der Waals surface area contributed by atoms with Crippen LogP contribution in [-0.2, 0) is 13.0 Å². The summed E-state index contributed by atoms with van der Waals surface area (Å²) in [5, 5.41) is 3.17. The second-order valence-electron chi connectivity index (χ2n) is 5.91. The molecule has 1 aliphatic heterocycles. The molecule has 2 aromatic carbocycles. The first kappa shape index (κ1) is 16.1. The summed E-state index contributed by atoms with van der Waals surface area (Å²) in [5.41, 5.74) is 9.65. The van der Waals surface area contributed by atoms with Gasteiger partial charge >= 0.3 is 0 Å². The predicted octanol–water partition coefficient (Wildman–Crippen LogP) is 2.71. The van der Waals surface area contributed by atoms with Crippen LogP contribution in [-0.4, -0.2) is 25.6 Å². The molecule has 24 heavy (non-hydrogen) atoms. The van der Waals surface area contributed by atoms with E-state index in [0.29, 0.717) is 12.5 Å². The SMILES string of the molecule is NC(=NCc1ccc(N2CC=CC2)cc1)NCCc1ccccc1. The van der Waals surface area contributed by atoms with Gasteiger partial charge < -0.3 is 16.0 Å². The Bertz CT molecular complexity index is 681. The zero-order valence-electron chi connectivity index (χ0n) is 13.9. The standard InChI is InChI=1S/C20H24N4/c21-20(22-13-12-17-6-2-1-3-7-17)23-16-18-8-10-19(11-9-18)24-14-4-5-15-24/h1-11H,12-16H2,(H3,21,22,23). The zero-order valence-corrected chi connectivity index (χ0v) is 13.9. The third kappa shape index (κ3) is 4.62. The van der Waals surface area contributed by atoms with E-state index in [9.17, 15) is 0 Å². The minimum atomic E-state index is 0.499. The lowest BCUT2D eigenvalue weighted by Crippen LogP contribution is -2.33. The maximum absolute atomic E-state index is 5.94. The maximum Gasteiger partial charge on any atom is 0.188 e. The number of nitrogens with one attached hydrogen (secondary N) is 1. The number of hydrogen-bond acceptors (Lipinski definition) is 2. The molecule has 3 N–H and O–H groups in total. The fourth-order valence-electron chi connectivity index (χ4n) is 2.71. The minimum absolute atomic E-state index is 0.499. The Balaban J connectivity index is 1.44. The third-order valence-corrected chi connectivity index (χ3v) is 4.11. The second kappa shape index (κ2) is 8.20. The molecule has 0 saturated heterocycles. The van der Waals surface area contributed by atoms with Gasteiger partial charge in [-0.25, -0.2) is 4.99 Å². The Morgan fingerprint density at radius 3 is 2.38 bits per heavy atom. The first-order valence-electron chi connectivity index (χ1n) is 8.38. The largest absolute Gasteiger partial charge is 0.370 e. The molecule has 0 aliphatic carbocycles. The lowest BCUT2D eigenvalue weighted by atomic mass is 10.1. The lowest BCUT2D eigenvalue weighted by molar-refractivity contribution is 0.848. The van der Waals surface area contributed by atoms with Crippen LogP contribution in [0.2, 0.25) is 0 Å². The summed E-state index contributed by atoms with van der Waals surface area (Å²) in [6.07, 6.45) is 5.33. The van der Waals surface area contributed by atoms with E-state index in [4.69, 9.17) is 5.73 Å². The van der Waals surface area contributed by atoms with E-state index < -0.39 is 0 Å². The zero-order chi connectivity index (χ0) is 16.6. The molecule has 0 aromatic heterocycles. The molecule has 0 unspecified atom stereocenters. The molecular formula is C20H24N4. The second-order valence-corrected chi connectivity index (χ2v) is 5.91. The van der Waals surface area contributed by atoms with Gasteiger partial charge in [-0.3, -0.25) is 0 Å². The van der Waals surface area contributed by atoms with Crippen LogP contribution in [0.3, 0.4) is 0 Å². The Morgan fingerprint density at radius 1 is 0.958 bits per heavy atom. The van der Waals surface area contributed by atoms with E-state index in [-0.39, 0.29) is 0 Å². The summed E-state index contributed by atoms with van der Waals surface area (Å²) in [7, 11) is 0. The van der Waals surface area contributed by atoms with E-state index in [1.54, 1.807) is 0 Å². The molecular weight excluding hydrogens is 296 g/mol. The number of rotatable bonds is 6. The Morgan fingerprint density at radius 2 is 1.67 bits per heavy atom. The van der Waals surface area contributed by atoms with Gasteiger partial charge in [0, 0.05) is 25.3 Å². The van der Waals surface area contributed by atoms with Crippen molar-refractivity contribution in [2.45, 2.75) is 13.0 Å². The van der Waals surface area contributed by atoms with E-state index in [1.807, 2.05) is 6.07 Å². The number of guanidine groups is 1. The van der Waals surface area contributed by atoms with E-state index in [1.165, 1.54) is 16.8 Å². The minimum Gasteiger partial charge on any atom is -0.370 e. The number of nitrogens with zero attached hydrogens (tertiary/aromatic N) is 2. The topological polar surface area (TPSA) is 53.6 Å². The van der Waals surface area contributed by atoms with Crippen LogP contribution in [0.5, 0.6) is 0 Å². The number of benzene rings is 2. The van der Waals surface area contributed by atoms with Crippen LogP contribution >= 0.6 is 0 Å². The van der Waals surface area contributed by atoms with Crippen molar-refractivity contribution in [3.05, 3.63) is 77.9 Å². The van der Waals surface area contributed by atoms with Gasteiger partial charge in [-0.2, -0.15) is 0 Å². The van der Waals surface area contributed by atoms with Gasteiger partial charge in [0.2, 0.25) is 0 Å². The molecule has 0 atom stereocenters. The van der Waals surface area contributed by atoms with Crippen molar-refractivity contribution in [2.75, 3.05) is 24.5 Å². The number of hydrogen-bond donors (Lipinski definition) is 2. The van der Waals surface area contributed by atoms with Gasteiger partial charge in [-0.05, 0) is 29.7 Å². The summed E-state index contributed by atoms with van der Waals surface area (Å²) in [6.45, 7) is 3.38. The molecule has 3 rings (SSSR count). The van der Waals surface area contributed by atoms with Crippen LogP contribution in [0.4, 0.5) is 5.69 Å². The molecule has 0 saturated carbocycles. The smallest absolute Gasteiger partial charge is 0.188 e. The van der Waals surface area contributed by atoms with Crippen LogP contribution in [0.15, 0.2) is 71.7 Å². The molecule has 0 radical (unpaired) electrons. The van der Waals surface area contributed by atoms with Gasteiger partial charge in [0.1, 0.15) is 0 Å². The molecule has 1 aliphatic rings. The summed E-state index contributed by atoms with van der Waals surface area (Å²) in [5.74, 6) is 0.499. The quantitative estimate of drug-likeness (QED) is 0.489. The summed E-state index contributed by atoms with van der Waals surface area (Å²) >= 11 is 0. The van der Waals surface area contributed by atoms with Crippen LogP contribution in [0.1, 0.15) is 11.1 Å². The van der Waals surface area contributed by atoms with Crippen molar-refractivity contribution in [3.8, 4) is 0 Å². The lowest BCUT2D eigenvalue weighted by Gasteiger charge is -2.17. The maximum atomic E-state index is 5.94. The van der Waals surface area contributed by atoms with E-state index >= 15 is 0 Å². The van der Waals surface area contributed by atoms with Crippen LogP contribution in [0, 0.1) is 0 Å². The van der Waals surface area contributed by atoms with Gasteiger partial charge in [-0.1, -0.05) is 54.6 Å². The van der Waals surface area contributed by atoms with Crippen LogP contribution < -0.4 is 16.0 Å². The third-order valence-electron chi connectivity index (χ3n) is 4.11. The number of nitrogens with two attached hydrogens (primary N) is 1. The normalized spacial score (nSPS) is 14.2. The van der Waals surface area contributed by atoms with Crippen molar-refractivity contribution < 1.29 is 0 Å². The molecule has 124 valence electrons. The fourth-order valence-corrected chi connectivity index (χ4v) is 2.71. The molecule has 4 nitrogen and oxygen atoms in total. The Kier molecular flexibility index (Phi) is 5.51. The van der Waals surface area contributed by atoms with Gasteiger partial charge in [0.05, 0.1) is 6.54 Å². The summed E-state index contributed by atoms with van der Waals surface area (Å²) < 4.78 is 0. The highest BCUT2D eigenvalue weighted by molar-refractivity contribution is 5.77. The van der Waals surface area contributed by atoms with Crippen molar-refractivity contribution in [1.82, 2.24) is 5.32 Å². The Hall–Kier alpha value is -2.75. The summed E-state index contributed by atoms with van der Waals surface area (Å²) in [4.78, 5) is 6.74. The number of aliphatic imine (C=N–C) groups is 1. The average molecular weight is 320 g/mol. The highest BCUT2D eigenvalue weighted by Gasteiger charge is 2.06. The highest BCUT2D eigenvalue weighted by atomic mass is 15.1. The van der Waals surface area contributed by atoms with Gasteiger partial charge in [0.25, 0.3) is 0 Å². The monoisotopic (exact) mass is 320 g/mol. The first-order chi connectivity index (χ1) is 11.8. The molecule has 2 aromatic rings. The molecule has 0 amide bonds. The highest BCUT2D eigenvalue weighted by Crippen LogP contribution is 2.17. The fraction of sp³-hybridized carbons (Fsp3) is 0.250. The van der Waals surface area contributed by atoms with Crippen molar-refractivity contribution in [2.24, 2.45) is 10.7 Å². The molecule has 4 heteroatoms. The van der Waals surface area contributed by atoms with E-state index in [2.05, 4.69) is 75.9 Å². The van der Waals surface area contributed by atoms with Crippen molar-refractivity contribution in [1.29, 1.82) is 0 Å². The summed E-state index contributed by atoms with van der Waals surface area (Å²) in [6, 6.07) is 18.9. The predicted molar refractivity (Wildman–Crippen MR) is 101 cm³/mol. The molecule has 0 bridgehead atoms. The average Bonchev–Trinajstić information content (AvgIpc) is 3.16. The number of anilines is 1. The Labute approximate surface area is 143 Å².